The molecule has 6 heteroatoms. The van der Waals surface area contributed by atoms with Crippen LogP contribution in [0, 0.1) is 5.82 Å². The van der Waals surface area contributed by atoms with Gasteiger partial charge in [-0.3, -0.25) is 14.6 Å². The lowest BCUT2D eigenvalue weighted by Crippen LogP contribution is -2.33. The molecule has 2 atom stereocenters. The summed E-state index contributed by atoms with van der Waals surface area (Å²) in [6, 6.07) is 18.6. The van der Waals surface area contributed by atoms with E-state index in [0.29, 0.717) is 11.3 Å². The molecule has 2 aromatic carbocycles. The Morgan fingerprint density at radius 1 is 1.10 bits per heavy atom. The first-order chi connectivity index (χ1) is 14.5. The van der Waals surface area contributed by atoms with Crippen molar-refractivity contribution in [1.29, 1.82) is 0 Å². The van der Waals surface area contributed by atoms with Crippen LogP contribution >= 0.6 is 0 Å². The molecule has 0 radical (unpaired) electrons. The maximum absolute atomic E-state index is 13.3. The molecule has 2 amide bonds. The number of amides is 2. The molecule has 1 aliphatic heterocycles. The molecule has 3 aromatic rings. The van der Waals surface area contributed by atoms with Gasteiger partial charge in [-0.1, -0.05) is 42.5 Å². The van der Waals surface area contributed by atoms with E-state index in [2.05, 4.69) is 10.3 Å². The number of carbonyl (C=O) groups is 2. The van der Waals surface area contributed by atoms with Gasteiger partial charge in [0.2, 0.25) is 5.91 Å². The highest BCUT2D eigenvalue weighted by Gasteiger charge is 2.39. The highest BCUT2D eigenvalue weighted by atomic mass is 19.1. The maximum atomic E-state index is 13.3. The lowest BCUT2D eigenvalue weighted by atomic mass is 10.1. The first kappa shape index (κ1) is 19.8. The zero-order valence-electron chi connectivity index (χ0n) is 16.6. The van der Waals surface area contributed by atoms with Crippen molar-refractivity contribution in [2.24, 2.45) is 0 Å². The van der Waals surface area contributed by atoms with Gasteiger partial charge >= 0.3 is 0 Å². The van der Waals surface area contributed by atoms with Crippen LogP contribution in [0.3, 0.4) is 0 Å². The SMILES string of the molecule is C[C@H](NC(=O)C[C@H]1c2ncccc2C(=O)N1Cc1ccc(F)cc1)c1ccccc1. The van der Waals surface area contributed by atoms with Gasteiger partial charge in [-0.15, -0.1) is 0 Å². The first-order valence-corrected chi connectivity index (χ1v) is 9.87. The Hall–Kier alpha value is -3.54. The Morgan fingerprint density at radius 2 is 1.83 bits per heavy atom. The molecule has 30 heavy (non-hydrogen) atoms. The molecule has 1 N–H and O–H groups in total. The summed E-state index contributed by atoms with van der Waals surface area (Å²) in [5.74, 6) is -0.662. The minimum Gasteiger partial charge on any atom is -0.350 e. The molecular weight excluding hydrogens is 381 g/mol. The molecule has 0 fully saturated rings. The normalized spacial score (nSPS) is 16.3. The number of carbonyl (C=O) groups excluding carboxylic acids is 2. The molecule has 0 saturated carbocycles. The van der Waals surface area contributed by atoms with Crippen LogP contribution in [0.15, 0.2) is 72.9 Å². The third-order valence-corrected chi connectivity index (χ3v) is 5.34. The average molecular weight is 403 g/mol. The fourth-order valence-corrected chi connectivity index (χ4v) is 3.78. The van der Waals surface area contributed by atoms with Crippen LogP contribution in [0.4, 0.5) is 4.39 Å². The van der Waals surface area contributed by atoms with Crippen molar-refractivity contribution >= 4 is 11.8 Å². The Kier molecular flexibility index (Phi) is 5.57. The largest absolute Gasteiger partial charge is 0.350 e. The molecule has 1 aromatic heterocycles. The maximum Gasteiger partial charge on any atom is 0.256 e. The van der Waals surface area contributed by atoms with E-state index in [1.807, 2.05) is 37.3 Å². The standard InChI is InChI=1S/C24H22FN3O2/c1-16(18-6-3-2-4-7-18)27-22(29)14-21-23-20(8-5-13-26-23)24(30)28(21)15-17-9-11-19(25)12-10-17/h2-13,16,21H,14-15H2,1H3,(H,27,29)/t16-,21-/m0/s1. The van der Waals surface area contributed by atoms with Crippen molar-refractivity contribution in [3.05, 3.63) is 101 Å². The molecular formula is C24H22FN3O2. The van der Waals surface area contributed by atoms with Crippen molar-refractivity contribution in [2.45, 2.75) is 32.0 Å². The highest BCUT2D eigenvalue weighted by molar-refractivity contribution is 5.99. The molecule has 0 bridgehead atoms. The fourth-order valence-electron chi connectivity index (χ4n) is 3.78. The molecule has 152 valence electrons. The van der Waals surface area contributed by atoms with Crippen LogP contribution in [0.2, 0.25) is 0 Å². The minimum atomic E-state index is -0.471. The van der Waals surface area contributed by atoms with Crippen LogP contribution in [0.5, 0.6) is 0 Å². The molecule has 2 heterocycles. The quantitative estimate of drug-likeness (QED) is 0.671. The smallest absolute Gasteiger partial charge is 0.256 e. The van der Waals surface area contributed by atoms with Gasteiger partial charge in [-0.05, 0) is 42.3 Å². The van der Waals surface area contributed by atoms with E-state index in [9.17, 15) is 14.0 Å². The summed E-state index contributed by atoms with van der Waals surface area (Å²) in [4.78, 5) is 31.8. The summed E-state index contributed by atoms with van der Waals surface area (Å²) < 4.78 is 13.3. The van der Waals surface area contributed by atoms with Gasteiger partial charge in [0.25, 0.3) is 5.91 Å². The predicted octanol–water partition coefficient (Wildman–Crippen LogP) is 4.19. The lowest BCUT2D eigenvalue weighted by molar-refractivity contribution is -0.122. The van der Waals surface area contributed by atoms with E-state index >= 15 is 0 Å². The Bertz CT molecular complexity index is 1050. The van der Waals surface area contributed by atoms with Crippen LogP contribution in [0.1, 0.15) is 52.6 Å². The second kappa shape index (κ2) is 8.45. The fraction of sp³-hybridized carbons (Fsp3) is 0.208. The van der Waals surface area contributed by atoms with Crippen LogP contribution < -0.4 is 5.32 Å². The Balaban J connectivity index is 1.54. The summed E-state index contributed by atoms with van der Waals surface area (Å²) in [5.41, 5.74) is 2.91. The van der Waals surface area contributed by atoms with Crippen molar-refractivity contribution in [3.63, 3.8) is 0 Å². The minimum absolute atomic E-state index is 0.105. The summed E-state index contributed by atoms with van der Waals surface area (Å²) in [6.07, 6.45) is 1.74. The summed E-state index contributed by atoms with van der Waals surface area (Å²) >= 11 is 0. The number of hydrogen-bond acceptors (Lipinski definition) is 3. The molecule has 4 rings (SSSR count). The summed E-state index contributed by atoms with van der Waals surface area (Å²) in [5, 5.41) is 3.01. The van der Waals surface area contributed by atoms with Gasteiger partial charge in [0, 0.05) is 12.7 Å². The molecule has 0 aliphatic carbocycles. The second-order valence-corrected chi connectivity index (χ2v) is 7.42. The number of hydrogen-bond donors (Lipinski definition) is 1. The summed E-state index contributed by atoms with van der Waals surface area (Å²) in [7, 11) is 0. The van der Waals surface area contributed by atoms with Gasteiger partial charge in [-0.2, -0.15) is 0 Å². The van der Waals surface area contributed by atoms with Crippen molar-refractivity contribution in [3.8, 4) is 0 Å². The van der Waals surface area contributed by atoms with Gasteiger partial charge in [0.1, 0.15) is 5.82 Å². The number of benzene rings is 2. The van der Waals surface area contributed by atoms with E-state index in [-0.39, 0.29) is 36.6 Å². The monoisotopic (exact) mass is 403 g/mol. The van der Waals surface area contributed by atoms with E-state index in [0.717, 1.165) is 11.1 Å². The van der Waals surface area contributed by atoms with Crippen molar-refractivity contribution in [2.75, 3.05) is 0 Å². The third kappa shape index (κ3) is 4.08. The van der Waals surface area contributed by atoms with Gasteiger partial charge in [0.05, 0.1) is 29.8 Å². The third-order valence-electron chi connectivity index (χ3n) is 5.34. The molecule has 5 nitrogen and oxygen atoms in total. The topological polar surface area (TPSA) is 62.3 Å². The predicted molar refractivity (Wildman–Crippen MR) is 111 cm³/mol. The second-order valence-electron chi connectivity index (χ2n) is 7.42. The van der Waals surface area contributed by atoms with Gasteiger partial charge in [0.15, 0.2) is 0 Å². The first-order valence-electron chi connectivity index (χ1n) is 9.87. The molecule has 0 saturated heterocycles. The Morgan fingerprint density at radius 3 is 2.57 bits per heavy atom. The van der Waals surface area contributed by atoms with E-state index in [1.54, 1.807) is 35.4 Å². The van der Waals surface area contributed by atoms with Crippen LogP contribution in [-0.4, -0.2) is 21.7 Å². The van der Waals surface area contributed by atoms with E-state index in [1.165, 1.54) is 12.1 Å². The van der Waals surface area contributed by atoms with Gasteiger partial charge in [-0.25, -0.2) is 4.39 Å². The van der Waals surface area contributed by atoms with Crippen molar-refractivity contribution in [1.82, 2.24) is 15.2 Å². The zero-order valence-corrected chi connectivity index (χ0v) is 16.6. The molecule has 0 unspecified atom stereocenters. The number of nitrogens with one attached hydrogen (secondary N) is 1. The number of rotatable bonds is 6. The van der Waals surface area contributed by atoms with E-state index in [4.69, 9.17) is 0 Å². The number of aromatic nitrogens is 1. The molecule has 1 aliphatic rings. The zero-order chi connectivity index (χ0) is 21.1. The lowest BCUT2D eigenvalue weighted by Gasteiger charge is -2.25. The van der Waals surface area contributed by atoms with Crippen molar-refractivity contribution < 1.29 is 14.0 Å². The Labute approximate surface area is 174 Å². The van der Waals surface area contributed by atoms with E-state index < -0.39 is 6.04 Å². The van der Waals surface area contributed by atoms with Crippen LogP contribution in [0.25, 0.3) is 0 Å². The van der Waals surface area contributed by atoms with Gasteiger partial charge < -0.3 is 10.2 Å². The number of halogens is 1. The molecule has 0 spiro atoms. The summed E-state index contributed by atoms with van der Waals surface area (Å²) in [6.45, 7) is 2.21. The van der Waals surface area contributed by atoms with Crippen LogP contribution in [-0.2, 0) is 11.3 Å². The average Bonchev–Trinajstić information content (AvgIpc) is 3.02. The number of nitrogens with zero attached hydrogens (tertiary/aromatic N) is 2. The number of pyridine rings is 1. The highest BCUT2D eigenvalue weighted by Crippen LogP contribution is 2.35. The number of fused-ring (bicyclic) bond motifs is 1.